The van der Waals surface area contributed by atoms with Crippen molar-refractivity contribution in [1.29, 1.82) is 0 Å². The summed E-state index contributed by atoms with van der Waals surface area (Å²) in [7, 11) is 1.76. The smallest absolute Gasteiger partial charge is 0.334 e. The highest BCUT2D eigenvalue weighted by Crippen LogP contribution is 2.20. The first-order valence-electron chi connectivity index (χ1n) is 6.90. The van der Waals surface area contributed by atoms with Crippen molar-refractivity contribution in [3.8, 4) is 0 Å². The molecule has 22 heavy (non-hydrogen) atoms. The van der Waals surface area contributed by atoms with Crippen LogP contribution in [0.4, 0.5) is 0 Å². The van der Waals surface area contributed by atoms with Crippen LogP contribution in [0.1, 0.15) is 16.1 Å². The van der Waals surface area contributed by atoms with E-state index in [0.717, 1.165) is 0 Å². The molecule has 0 bridgehead atoms. The molecular weight excluding hydrogens is 288 g/mol. The minimum atomic E-state index is -1.06. The summed E-state index contributed by atoms with van der Waals surface area (Å²) in [5.41, 5.74) is 1.83. The van der Waals surface area contributed by atoms with Crippen LogP contribution in [-0.2, 0) is 16.6 Å². The van der Waals surface area contributed by atoms with Crippen LogP contribution in [0.25, 0.3) is 11.0 Å². The van der Waals surface area contributed by atoms with Crippen molar-refractivity contribution in [2.24, 2.45) is 7.05 Å². The molecular formula is C14H16N4O4. The minimum Gasteiger partial charge on any atom is -0.479 e. The number of carbonyl (C=O) groups is 2. The van der Waals surface area contributed by atoms with E-state index in [1.165, 1.54) is 4.90 Å². The highest BCUT2D eigenvalue weighted by molar-refractivity contribution is 6.05. The zero-order valence-electron chi connectivity index (χ0n) is 12.3. The number of ether oxygens (including phenoxy) is 1. The molecule has 1 saturated heterocycles. The van der Waals surface area contributed by atoms with E-state index >= 15 is 0 Å². The van der Waals surface area contributed by atoms with Gasteiger partial charge in [-0.15, -0.1) is 0 Å². The number of carbonyl (C=O) groups excluding carboxylic acids is 1. The third-order valence-corrected chi connectivity index (χ3v) is 3.69. The number of aliphatic carboxylic acids is 1. The highest BCUT2D eigenvalue weighted by atomic mass is 16.5. The van der Waals surface area contributed by atoms with Crippen molar-refractivity contribution < 1.29 is 19.4 Å². The molecule has 1 aliphatic rings. The second kappa shape index (κ2) is 5.38. The third kappa shape index (κ3) is 2.41. The second-order valence-corrected chi connectivity index (χ2v) is 5.27. The summed E-state index contributed by atoms with van der Waals surface area (Å²) in [6, 6.07) is 1.71. The number of aryl methyl sites for hydroxylation is 2. The molecule has 1 N–H and O–H groups in total. The Bertz CT molecular complexity index is 755. The van der Waals surface area contributed by atoms with Gasteiger partial charge in [-0.05, 0) is 13.0 Å². The van der Waals surface area contributed by atoms with Gasteiger partial charge in [0.1, 0.15) is 0 Å². The minimum absolute atomic E-state index is 0.0390. The number of fused-ring (bicyclic) bond motifs is 1. The number of carboxylic acids is 1. The van der Waals surface area contributed by atoms with Gasteiger partial charge in [0.05, 0.1) is 30.3 Å². The summed E-state index contributed by atoms with van der Waals surface area (Å²) in [4.78, 5) is 29.7. The molecule has 1 atom stereocenters. The fraction of sp³-hybridized carbons (Fsp3) is 0.429. The Morgan fingerprint density at radius 2 is 2.23 bits per heavy atom. The molecule has 0 spiro atoms. The summed E-state index contributed by atoms with van der Waals surface area (Å²) >= 11 is 0. The van der Waals surface area contributed by atoms with E-state index in [4.69, 9.17) is 9.84 Å². The van der Waals surface area contributed by atoms with Crippen LogP contribution in [0.3, 0.4) is 0 Å². The van der Waals surface area contributed by atoms with Gasteiger partial charge in [-0.2, -0.15) is 5.10 Å². The number of rotatable bonds is 2. The van der Waals surface area contributed by atoms with Gasteiger partial charge >= 0.3 is 5.97 Å². The Hall–Kier alpha value is -2.48. The van der Waals surface area contributed by atoms with E-state index < -0.39 is 12.1 Å². The van der Waals surface area contributed by atoms with Crippen LogP contribution < -0.4 is 0 Å². The van der Waals surface area contributed by atoms with E-state index in [2.05, 4.69) is 10.1 Å². The number of pyridine rings is 1. The second-order valence-electron chi connectivity index (χ2n) is 5.27. The van der Waals surface area contributed by atoms with Crippen LogP contribution in [-0.4, -0.2) is 62.4 Å². The molecule has 0 aromatic carbocycles. The van der Waals surface area contributed by atoms with Crippen molar-refractivity contribution >= 4 is 22.9 Å². The number of amides is 1. The maximum atomic E-state index is 12.8. The molecule has 0 saturated carbocycles. The lowest BCUT2D eigenvalue weighted by molar-refractivity contribution is -0.154. The van der Waals surface area contributed by atoms with Crippen molar-refractivity contribution in [3.05, 3.63) is 23.5 Å². The molecule has 0 aliphatic carbocycles. The first-order valence-corrected chi connectivity index (χ1v) is 6.90. The lowest BCUT2D eigenvalue weighted by Crippen LogP contribution is -2.48. The number of nitrogens with zero attached hydrogens (tertiary/aromatic N) is 4. The van der Waals surface area contributed by atoms with Gasteiger partial charge < -0.3 is 14.7 Å². The molecule has 1 aliphatic heterocycles. The van der Waals surface area contributed by atoms with E-state index in [1.807, 2.05) is 6.92 Å². The maximum Gasteiger partial charge on any atom is 0.334 e. The van der Waals surface area contributed by atoms with Crippen molar-refractivity contribution in [1.82, 2.24) is 19.7 Å². The summed E-state index contributed by atoms with van der Waals surface area (Å²) in [6.45, 7) is 2.43. The predicted octanol–water partition coefficient (Wildman–Crippen LogP) is 0.202. The van der Waals surface area contributed by atoms with Crippen LogP contribution in [0, 0.1) is 6.92 Å². The van der Waals surface area contributed by atoms with Gasteiger partial charge in [0.2, 0.25) is 0 Å². The average molecular weight is 304 g/mol. The fourth-order valence-electron chi connectivity index (χ4n) is 2.57. The SMILES string of the molecule is Cc1cc(C(=O)N2CCOC(C(=O)O)C2)c2cnn(C)c2n1. The molecule has 2 aromatic heterocycles. The van der Waals surface area contributed by atoms with Gasteiger partial charge in [0.15, 0.2) is 11.8 Å². The first-order chi connectivity index (χ1) is 10.5. The Morgan fingerprint density at radius 3 is 2.95 bits per heavy atom. The largest absolute Gasteiger partial charge is 0.479 e. The van der Waals surface area contributed by atoms with Gasteiger partial charge in [0, 0.05) is 19.3 Å². The van der Waals surface area contributed by atoms with Crippen molar-refractivity contribution in [2.75, 3.05) is 19.7 Å². The Morgan fingerprint density at radius 1 is 1.45 bits per heavy atom. The lowest BCUT2D eigenvalue weighted by Gasteiger charge is -2.31. The molecule has 8 heteroatoms. The molecule has 3 heterocycles. The normalized spacial score (nSPS) is 18.6. The summed E-state index contributed by atoms with van der Waals surface area (Å²) in [5, 5.41) is 13.8. The molecule has 2 aromatic rings. The van der Waals surface area contributed by atoms with Gasteiger partial charge in [0.25, 0.3) is 5.91 Å². The van der Waals surface area contributed by atoms with E-state index in [-0.39, 0.29) is 19.1 Å². The molecule has 1 unspecified atom stereocenters. The monoisotopic (exact) mass is 304 g/mol. The number of carboxylic acid groups (broad SMARTS) is 1. The van der Waals surface area contributed by atoms with Crippen molar-refractivity contribution in [2.45, 2.75) is 13.0 Å². The topological polar surface area (TPSA) is 97.5 Å². The molecule has 8 nitrogen and oxygen atoms in total. The number of hydrogen-bond acceptors (Lipinski definition) is 5. The van der Waals surface area contributed by atoms with Gasteiger partial charge in [-0.1, -0.05) is 0 Å². The first kappa shape index (κ1) is 14.5. The van der Waals surface area contributed by atoms with Crippen LogP contribution in [0.5, 0.6) is 0 Å². The summed E-state index contributed by atoms with van der Waals surface area (Å²) < 4.78 is 6.76. The molecule has 1 amide bonds. The maximum absolute atomic E-state index is 12.8. The zero-order valence-corrected chi connectivity index (χ0v) is 12.3. The number of morpholine rings is 1. The van der Waals surface area contributed by atoms with E-state index in [9.17, 15) is 9.59 Å². The van der Waals surface area contributed by atoms with E-state index in [1.54, 1.807) is 24.0 Å². The number of aromatic nitrogens is 3. The standard InChI is InChI=1S/C14H16N4O4/c1-8-5-9(10-6-15-17(2)12(10)16-8)13(19)18-3-4-22-11(7-18)14(20)21/h5-6,11H,3-4,7H2,1-2H3,(H,20,21). The fourth-order valence-corrected chi connectivity index (χ4v) is 2.57. The molecule has 116 valence electrons. The van der Waals surface area contributed by atoms with Gasteiger partial charge in [-0.3, -0.25) is 9.48 Å². The Kier molecular flexibility index (Phi) is 3.53. The molecule has 3 rings (SSSR count). The van der Waals surface area contributed by atoms with Crippen molar-refractivity contribution in [3.63, 3.8) is 0 Å². The average Bonchev–Trinajstić information content (AvgIpc) is 2.87. The predicted molar refractivity (Wildman–Crippen MR) is 76.5 cm³/mol. The summed E-state index contributed by atoms with van der Waals surface area (Å²) in [5.74, 6) is -1.28. The Labute approximate surface area is 126 Å². The quantitative estimate of drug-likeness (QED) is 0.851. The third-order valence-electron chi connectivity index (χ3n) is 3.69. The van der Waals surface area contributed by atoms with Crippen LogP contribution in [0.2, 0.25) is 0 Å². The van der Waals surface area contributed by atoms with E-state index in [0.29, 0.717) is 28.8 Å². The summed E-state index contributed by atoms with van der Waals surface area (Å²) in [6.07, 6.45) is 0.620. The van der Waals surface area contributed by atoms with Gasteiger partial charge in [-0.25, -0.2) is 9.78 Å². The van der Waals surface area contributed by atoms with Crippen LogP contribution >= 0.6 is 0 Å². The number of hydrogen-bond donors (Lipinski definition) is 1. The molecule has 0 radical (unpaired) electrons. The molecule has 1 fully saturated rings. The Balaban J connectivity index is 1.97. The van der Waals surface area contributed by atoms with Crippen LogP contribution in [0.15, 0.2) is 12.3 Å². The zero-order chi connectivity index (χ0) is 15.9. The lowest BCUT2D eigenvalue weighted by atomic mass is 10.1. The highest BCUT2D eigenvalue weighted by Gasteiger charge is 2.30.